The van der Waals surface area contributed by atoms with Crippen molar-refractivity contribution in [1.29, 1.82) is 0 Å². The second-order valence-corrected chi connectivity index (χ2v) is 3.49. The van der Waals surface area contributed by atoms with E-state index in [0.717, 1.165) is 0 Å². The van der Waals surface area contributed by atoms with Crippen LogP contribution in [0.25, 0.3) is 0 Å². The average molecular weight is 234 g/mol. The van der Waals surface area contributed by atoms with Crippen LogP contribution in [0.2, 0.25) is 10.0 Å². The van der Waals surface area contributed by atoms with Gasteiger partial charge in [-0.2, -0.15) is 0 Å². The van der Waals surface area contributed by atoms with E-state index in [1.54, 1.807) is 6.07 Å². The number of nitrogens with two attached hydrogens (primary N) is 1. The third-order valence-electron chi connectivity index (χ3n) is 1.71. The fourth-order valence-electron chi connectivity index (χ4n) is 0.950. The van der Waals surface area contributed by atoms with Crippen LogP contribution in [0.15, 0.2) is 18.2 Å². The Balaban J connectivity index is 3.02. The summed E-state index contributed by atoms with van der Waals surface area (Å²) in [6.45, 7) is 0. The lowest BCUT2D eigenvalue weighted by molar-refractivity contribution is 0.0624. The normalized spacial score (nSPS) is 12.6. The molecule has 76 valence electrons. The van der Waals surface area contributed by atoms with Crippen molar-refractivity contribution in [2.75, 3.05) is 7.11 Å². The van der Waals surface area contributed by atoms with Gasteiger partial charge in [-0.05, 0) is 18.2 Å². The molecule has 1 atom stereocenters. The molecule has 0 aliphatic heterocycles. The van der Waals surface area contributed by atoms with Gasteiger partial charge in [-0.15, -0.1) is 0 Å². The maximum atomic E-state index is 11.5. The Bertz CT molecular complexity index is 355. The molecular formula is C9H9Cl2NO2. The molecule has 1 unspecified atom stereocenters. The van der Waals surface area contributed by atoms with Crippen LogP contribution < -0.4 is 5.73 Å². The molecule has 0 aliphatic carbocycles. The first-order valence-electron chi connectivity index (χ1n) is 3.84. The fourth-order valence-corrected chi connectivity index (χ4v) is 1.45. The monoisotopic (exact) mass is 233 g/mol. The minimum absolute atomic E-state index is 0.273. The second-order valence-electron chi connectivity index (χ2n) is 2.64. The van der Waals surface area contributed by atoms with Crippen molar-refractivity contribution in [2.24, 2.45) is 5.73 Å². The summed E-state index contributed by atoms with van der Waals surface area (Å²) in [5, 5.41) is 0.743. The zero-order valence-electron chi connectivity index (χ0n) is 7.46. The van der Waals surface area contributed by atoms with Crippen molar-refractivity contribution in [3.63, 3.8) is 0 Å². The number of hydrogen-bond acceptors (Lipinski definition) is 3. The van der Waals surface area contributed by atoms with Gasteiger partial charge in [-0.1, -0.05) is 23.2 Å². The fraction of sp³-hybridized carbons (Fsp3) is 0.222. The van der Waals surface area contributed by atoms with E-state index in [1.165, 1.54) is 19.2 Å². The van der Waals surface area contributed by atoms with Gasteiger partial charge < -0.3 is 4.74 Å². The van der Waals surface area contributed by atoms with E-state index in [2.05, 4.69) is 4.74 Å². The maximum absolute atomic E-state index is 11.5. The lowest BCUT2D eigenvalue weighted by atomic mass is 10.1. The molecule has 3 nitrogen and oxygen atoms in total. The zero-order valence-corrected chi connectivity index (χ0v) is 8.97. The highest BCUT2D eigenvalue weighted by molar-refractivity contribution is 6.36. The first-order chi connectivity index (χ1) is 6.56. The number of carbonyl (C=O) groups is 1. The van der Waals surface area contributed by atoms with Crippen molar-refractivity contribution in [2.45, 2.75) is 6.23 Å². The molecule has 0 fully saturated rings. The summed E-state index contributed by atoms with van der Waals surface area (Å²) in [6.07, 6.45) is -0.992. The van der Waals surface area contributed by atoms with Crippen LogP contribution in [0.5, 0.6) is 0 Å². The highest BCUT2D eigenvalue weighted by Crippen LogP contribution is 2.21. The van der Waals surface area contributed by atoms with Crippen molar-refractivity contribution >= 4 is 29.0 Å². The van der Waals surface area contributed by atoms with Crippen LogP contribution in [0.3, 0.4) is 0 Å². The average Bonchev–Trinajstić information content (AvgIpc) is 2.15. The number of halogens is 2. The minimum atomic E-state index is -0.992. The van der Waals surface area contributed by atoms with Crippen LogP contribution in [0.1, 0.15) is 10.4 Å². The number of benzene rings is 1. The summed E-state index contributed by atoms with van der Waals surface area (Å²) in [5.41, 5.74) is 5.70. The Morgan fingerprint density at radius 1 is 1.50 bits per heavy atom. The number of rotatable bonds is 3. The number of ketones is 1. The molecule has 5 heteroatoms. The molecular weight excluding hydrogens is 225 g/mol. The van der Waals surface area contributed by atoms with Crippen molar-refractivity contribution in [3.05, 3.63) is 33.8 Å². The summed E-state index contributed by atoms with van der Waals surface area (Å²) >= 11 is 11.5. The Labute approximate surface area is 91.7 Å². The molecule has 0 heterocycles. The van der Waals surface area contributed by atoms with Crippen LogP contribution in [0.4, 0.5) is 0 Å². The Morgan fingerprint density at radius 2 is 2.14 bits per heavy atom. The van der Waals surface area contributed by atoms with Crippen molar-refractivity contribution < 1.29 is 9.53 Å². The first kappa shape index (κ1) is 11.5. The number of methoxy groups -OCH3 is 1. The zero-order chi connectivity index (χ0) is 10.7. The van der Waals surface area contributed by atoms with Gasteiger partial charge in [0.2, 0.25) is 5.78 Å². The SMILES string of the molecule is COC(N)C(=O)c1ccc(Cl)cc1Cl. The molecule has 0 aromatic heterocycles. The molecule has 0 amide bonds. The number of carbonyl (C=O) groups excluding carboxylic acids is 1. The summed E-state index contributed by atoms with van der Waals surface area (Å²) < 4.78 is 4.69. The second kappa shape index (κ2) is 4.75. The van der Waals surface area contributed by atoms with Crippen LogP contribution in [0, 0.1) is 0 Å². The molecule has 14 heavy (non-hydrogen) atoms. The summed E-state index contributed by atoms with van der Waals surface area (Å²) in [5.74, 6) is -0.367. The Hall–Kier alpha value is -0.610. The standard InChI is InChI=1S/C9H9Cl2NO2/c1-14-9(12)8(13)6-3-2-5(10)4-7(6)11/h2-4,9H,12H2,1H3. The van der Waals surface area contributed by atoms with E-state index < -0.39 is 6.23 Å². The van der Waals surface area contributed by atoms with Gasteiger partial charge >= 0.3 is 0 Å². The smallest absolute Gasteiger partial charge is 0.207 e. The van der Waals surface area contributed by atoms with E-state index in [9.17, 15) is 4.79 Å². The topological polar surface area (TPSA) is 52.3 Å². The van der Waals surface area contributed by atoms with E-state index in [-0.39, 0.29) is 10.8 Å². The molecule has 1 rings (SSSR count). The van der Waals surface area contributed by atoms with Crippen molar-refractivity contribution in [3.8, 4) is 0 Å². The van der Waals surface area contributed by atoms with Gasteiger partial charge in [-0.3, -0.25) is 10.5 Å². The van der Waals surface area contributed by atoms with Crippen LogP contribution >= 0.6 is 23.2 Å². The van der Waals surface area contributed by atoms with Gasteiger partial charge in [0.25, 0.3) is 0 Å². The highest BCUT2D eigenvalue weighted by atomic mass is 35.5. The van der Waals surface area contributed by atoms with Gasteiger partial charge in [0.05, 0.1) is 5.02 Å². The van der Waals surface area contributed by atoms with E-state index in [0.29, 0.717) is 10.6 Å². The molecule has 0 spiro atoms. The summed E-state index contributed by atoms with van der Waals surface area (Å²) in [6, 6.07) is 4.58. The number of ether oxygens (including phenoxy) is 1. The third-order valence-corrected chi connectivity index (χ3v) is 2.26. The number of hydrogen-bond donors (Lipinski definition) is 1. The predicted molar refractivity (Wildman–Crippen MR) is 55.8 cm³/mol. The third kappa shape index (κ3) is 2.45. The molecule has 1 aromatic rings. The molecule has 0 aliphatic rings. The van der Waals surface area contributed by atoms with E-state index in [4.69, 9.17) is 28.9 Å². The minimum Gasteiger partial charge on any atom is -0.359 e. The van der Waals surface area contributed by atoms with Gasteiger partial charge in [0.15, 0.2) is 6.23 Å². The molecule has 1 aromatic carbocycles. The lowest BCUT2D eigenvalue weighted by Crippen LogP contribution is -2.32. The maximum Gasteiger partial charge on any atom is 0.207 e. The highest BCUT2D eigenvalue weighted by Gasteiger charge is 2.17. The first-order valence-corrected chi connectivity index (χ1v) is 4.59. The van der Waals surface area contributed by atoms with E-state index >= 15 is 0 Å². The Morgan fingerprint density at radius 3 is 2.64 bits per heavy atom. The molecule has 2 N–H and O–H groups in total. The lowest BCUT2D eigenvalue weighted by Gasteiger charge is -2.09. The molecule has 0 saturated heterocycles. The van der Waals surface area contributed by atoms with Crippen LogP contribution in [-0.4, -0.2) is 19.1 Å². The van der Waals surface area contributed by atoms with Gasteiger partial charge in [0, 0.05) is 17.7 Å². The summed E-state index contributed by atoms with van der Waals surface area (Å²) in [4.78, 5) is 11.5. The van der Waals surface area contributed by atoms with Crippen molar-refractivity contribution in [1.82, 2.24) is 0 Å². The van der Waals surface area contributed by atoms with Gasteiger partial charge in [0.1, 0.15) is 0 Å². The molecule has 0 bridgehead atoms. The van der Waals surface area contributed by atoms with Crippen LogP contribution in [-0.2, 0) is 4.74 Å². The van der Waals surface area contributed by atoms with Gasteiger partial charge in [-0.25, -0.2) is 0 Å². The molecule has 0 saturated carbocycles. The largest absolute Gasteiger partial charge is 0.359 e. The Kier molecular flexibility index (Phi) is 3.89. The summed E-state index contributed by atoms with van der Waals surface area (Å²) in [7, 11) is 1.35. The molecule has 0 radical (unpaired) electrons. The predicted octanol–water partition coefficient (Wildman–Crippen LogP) is 2.11. The number of Topliss-reactive ketones (excluding diaryl/α,β-unsaturated/α-hetero) is 1. The van der Waals surface area contributed by atoms with E-state index in [1.807, 2.05) is 0 Å². The quantitative estimate of drug-likeness (QED) is 0.643.